The Labute approximate surface area is 107 Å². The second-order valence-corrected chi connectivity index (χ2v) is 3.95. The van der Waals surface area contributed by atoms with E-state index in [1.54, 1.807) is 0 Å². The smallest absolute Gasteiger partial charge is 0.120 e. The number of unbranched alkanes of at least 4 members (excludes halogenated alkanes) is 1. The highest BCUT2D eigenvalue weighted by molar-refractivity contribution is 5.64. The molecule has 0 aliphatic heterocycles. The molecule has 0 spiro atoms. The second-order valence-electron chi connectivity index (χ2n) is 3.95. The lowest BCUT2D eigenvalue weighted by molar-refractivity contribution is -0.107. The van der Waals surface area contributed by atoms with E-state index in [2.05, 4.69) is 36.1 Å². The molecule has 0 saturated heterocycles. The maximum Gasteiger partial charge on any atom is 0.120 e. The molecule has 0 bridgehead atoms. The maximum atomic E-state index is 10.1. The normalized spacial score (nSPS) is 9.33. The fourth-order valence-electron chi connectivity index (χ4n) is 1.67. The van der Waals surface area contributed by atoms with E-state index < -0.39 is 0 Å². The minimum absolute atomic E-state index is 0.509. The number of rotatable bonds is 3. The molecule has 1 nitrogen and oxygen atoms in total. The average molecular weight is 234 g/mol. The van der Waals surface area contributed by atoms with Crippen molar-refractivity contribution in [3.63, 3.8) is 0 Å². The number of hydrogen-bond donors (Lipinski definition) is 0. The molecule has 0 aromatic heterocycles. The number of carbonyl (C=O) groups excluding carboxylic acids is 1. The topological polar surface area (TPSA) is 17.1 Å². The largest absolute Gasteiger partial charge is 0.303 e. The number of aldehydes is 1. The summed E-state index contributed by atoms with van der Waals surface area (Å²) in [5, 5.41) is 0. The van der Waals surface area contributed by atoms with Gasteiger partial charge in [-0.15, -0.1) is 0 Å². The Morgan fingerprint density at radius 1 is 0.889 bits per heavy atom. The molecule has 2 aromatic rings. The lowest BCUT2D eigenvalue weighted by atomic mass is 10.0. The summed E-state index contributed by atoms with van der Waals surface area (Å²) in [6, 6.07) is 18.4. The summed E-state index contributed by atoms with van der Waals surface area (Å²) in [6.07, 6.45) is 2.03. The van der Waals surface area contributed by atoms with Gasteiger partial charge in [-0.3, -0.25) is 0 Å². The van der Waals surface area contributed by atoms with Crippen molar-refractivity contribution in [3.05, 3.63) is 60.2 Å². The molecule has 0 heterocycles. The zero-order chi connectivity index (χ0) is 12.6. The van der Waals surface area contributed by atoms with Gasteiger partial charge in [-0.1, -0.05) is 54.3 Å². The highest BCUT2D eigenvalue weighted by Crippen LogP contribution is 2.18. The molecule has 0 N–H and O–H groups in total. The Bertz CT molecular complexity index is 556. The van der Waals surface area contributed by atoms with Crippen LogP contribution in [0.3, 0.4) is 0 Å². The SMILES string of the molecule is O=CCCC#Cc1ccc(-c2ccccc2)cc1. The van der Waals surface area contributed by atoms with Crippen LogP contribution in [0.25, 0.3) is 11.1 Å². The van der Waals surface area contributed by atoms with Crippen molar-refractivity contribution >= 4 is 6.29 Å². The average Bonchev–Trinajstić information content (AvgIpc) is 2.45. The molecule has 0 aliphatic rings. The standard InChI is InChI=1S/C17H14O/c18-14-6-2-3-7-15-10-12-17(13-11-15)16-8-4-1-5-9-16/h1,4-5,8-14H,2,6H2. The monoisotopic (exact) mass is 234 g/mol. The number of benzene rings is 2. The Morgan fingerprint density at radius 3 is 2.22 bits per heavy atom. The van der Waals surface area contributed by atoms with Crippen LogP contribution in [0.4, 0.5) is 0 Å². The van der Waals surface area contributed by atoms with Gasteiger partial charge in [-0.25, -0.2) is 0 Å². The third-order valence-corrected chi connectivity index (χ3v) is 2.61. The van der Waals surface area contributed by atoms with Crippen LogP contribution in [0.2, 0.25) is 0 Å². The van der Waals surface area contributed by atoms with Crippen molar-refractivity contribution in [3.8, 4) is 23.0 Å². The zero-order valence-electron chi connectivity index (χ0n) is 10.1. The molecule has 2 aromatic carbocycles. The van der Waals surface area contributed by atoms with Crippen LogP contribution < -0.4 is 0 Å². The molecule has 2 rings (SSSR count). The van der Waals surface area contributed by atoms with Crippen molar-refractivity contribution in [2.45, 2.75) is 12.8 Å². The molecule has 0 fully saturated rings. The van der Waals surface area contributed by atoms with E-state index in [4.69, 9.17) is 0 Å². The van der Waals surface area contributed by atoms with Crippen molar-refractivity contribution in [1.82, 2.24) is 0 Å². The highest BCUT2D eigenvalue weighted by atomic mass is 16.1. The van der Waals surface area contributed by atoms with Crippen molar-refractivity contribution in [2.24, 2.45) is 0 Å². The van der Waals surface area contributed by atoms with Gasteiger partial charge in [-0.05, 0) is 23.3 Å². The minimum atomic E-state index is 0.509. The van der Waals surface area contributed by atoms with Crippen LogP contribution in [-0.2, 0) is 4.79 Å². The third-order valence-electron chi connectivity index (χ3n) is 2.61. The van der Waals surface area contributed by atoms with E-state index >= 15 is 0 Å². The summed E-state index contributed by atoms with van der Waals surface area (Å²) in [7, 11) is 0. The number of carbonyl (C=O) groups is 1. The van der Waals surface area contributed by atoms with Crippen molar-refractivity contribution < 1.29 is 4.79 Å². The van der Waals surface area contributed by atoms with Crippen LogP contribution in [-0.4, -0.2) is 6.29 Å². The van der Waals surface area contributed by atoms with Gasteiger partial charge in [0, 0.05) is 18.4 Å². The maximum absolute atomic E-state index is 10.1. The molecule has 0 aliphatic carbocycles. The quantitative estimate of drug-likeness (QED) is 0.450. The first-order chi connectivity index (χ1) is 8.90. The predicted molar refractivity (Wildman–Crippen MR) is 74.1 cm³/mol. The van der Waals surface area contributed by atoms with Crippen LogP contribution in [0.5, 0.6) is 0 Å². The molecule has 0 unspecified atom stereocenters. The molecule has 0 amide bonds. The fraction of sp³-hybridized carbons (Fsp3) is 0.118. The molecule has 1 heteroatoms. The number of hydrogen-bond acceptors (Lipinski definition) is 1. The Hall–Kier alpha value is -2.33. The van der Waals surface area contributed by atoms with E-state index in [-0.39, 0.29) is 0 Å². The third kappa shape index (κ3) is 3.33. The van der Waals surface area contributed by atoms with Crippen molar-refractivity contribution in [1.29, 1.82) is 0 Å². The van der Waals surface area contributed by atoms with Gasteiger partial charge < -0.3 is 4.79 Å². The van der Waals surface area contributed by atoms with Crippen LogP contribution in [0, 0.1) is 11.8 Å². The van der Waals surface area contributed by atoms with Gasteiger partial charge in [0.25, 0.3) is 0 Å². The van der Waals surface area contributed by atoms with Gasteiger partial charge in [-0.2, -0.15) is 0 Å². The van der Waals surface area contributed by atoms with E-state index in [0.29, 0.717) is 12.8 Å². The minimum Gasteiger partial charge on any atom is -0.303 e. The van der Waals surface area contributed by atoms with Crippen LogP contribution >= 0.6 is 0 Å². The summed E-state index contributed by atoms with van der Waals surface area (Å²) in [5.74, 6) is 6.03. The summed E-state index contributed by atoms with van der Waals surface area (Å²) in [6.45, 7) is 0. The first-order valence-electron chi connectivity index (χ1n) is 5.98. The van der Waals surface area contributed by atoms with E-state index in [9.17, 15) is 4.79 Å². The first-order valence-corrected chi connectivity index (χ1v) is 5.98. The van der Waals surface area contributed by atoms with Gasteiger partial charge in [0.15, 0.2) is 0 Å². The van der Waals surface area contributed by atoms with Crippen molar-refractivity contribution in [2.75, 3.05) is 0 Å². The molecular weight excluding hydrogens is 220 g/mol. The zero-order valence-corrected chi connectivity index (χ0v) is 10.1. The molecule has 0 saturated carbocycles. The van der Waals surface area contributed by atoms with E-state index in [0.717, 1.165) is 11.8 Å². The molecular formula is C17H14O. The lowest BCUT2D eigenvalue weighted by Crippen LogP contribution is -1.79. The highest BCUT2D eigenvalue weighted by Gasteiger charge is 1.95. The lowest BCUT2D eigenvalue weighted by Gasteiger charge is -2.00. The van der Waals surface area contributed by atoms with Gasteiger partial charge >= 0.3 is 0 Å². The molecule has 88 valence electrons. The Kier molecular flexibility index (Phi) is 4.33. The molecule has 18 heavy (non-hydrogen) atoms. The first kappa shape index (κ1) is 12.1. The van der Waals surface area contributed by atoms with Gasteiger partial charge in [0.1, 0.15) is 6.29 Å². The summed E-state index contributed by atoms with van der Waals surface area (Å²) >= 11 is 0. The fourth-order valence-corrected chi connectivity index (χ4v) is 1.67. The van der Waals surface area contributed by atoms with Gasteiger partial charge in [0.05, 0.1) is 0 Å². The predicted octanol–water partition coefficient (Wildman–Crippen LogP) is 3.68. The molecule has 0 atom stereocenters. The van der Waals surface area contributed by atoms with Gasteiger partial charge in [0.2, 0.25) is 0 Å². The molecule has 0 radical (unpaired) electrons. The second kappa shape index (κ2) is 6.42. The van der Waals surface area contributed by atoms with Crippen LogP contribution in [0.15, 0.2) is 54.6 Å². The summed E-state index contributed by atoms with van der Waals surface area (Å²) in [4.78, 5) is 10.1. The Morgan fingerprint density at radius 2 is 1.56 bits per heavy atom. The van der Waals surface area contributed by atoms with E-state index in [1.165, 1.54) is 11.1 Å². The summed E-state index contributed by atoms with van der Waals surface area (Å²) in [5.41, 5.74) is 3.38. The van der Waals surface area contributed by atoms with E-state index in [1.807, 2.05) is 30.3 Å². The summed E-state index contributed by atoms with van der Waals surface area (Å²) < 4.78 is 0. The Balaban J connectivity index is 2.10. The van der Waals surface area contributed by atoms with Crippen LogP contribution in [0.1, 0.15) is 18.4 Å².